The van der Waals surface area contributed by atoms with Crippen molar-refractivity contribution < 1.29 is 0 Å². The number of benzene rings is 1. The van der Waals surface area contributed by atoms with Crippen molar-refractivity contribution in [3.05, 3.63) is 41.0 Å². The summed E-state index contributed by atoms with van der Waals surface area (Å²) < 4.78 is 3.27. The monoisotopic (exact) mass is 330 g/mol. The van der Waals surface area contributed by atoms with Gasteiger partial charge < -0.3 is 10.3 Å². The van der Waals surface area contributed by atoms with Gasteiger partial charge in [-0.3, -0.25) is 0 Å². The average Bonchev–Trinajstić information content (AvgIpc) is 2.77. The van der Waals surface area contributed by atoms with Gasteiger partial charge in [0.1, 0.15) is 11.6 Å². The molecule has 1 aromatic carbocycles. The van der Waals surface area contributed by atoms with Crippen molar-refractivity contribution in [1.82, 2.24) is 14.5 Å². The smallest absolute Gasteiger partial charge is 0.141 e. The second kappa shape index (κ2) is 5.25. The first-order chi connectivity index (χ1) is 9.69. The number of nitrogens with zero attached hydrogens (tertiary/aromatic N) is 3. The molecule has 0 saturated carbocycles. The summed E-state index contributed by atoms with van der Waals surface area (Å²) in [4.78, 5) is 8.80. The Morgan fingerprint density at radius 1 is 1.25 bits per heavy atom. The van der Waals surface area contributed by atoms with E-state index in [-0.39, 0.29) is 0 Å². The van der Waals surface area contributed by atoms with Crippen LogP contribution in [-0.4, -0.2) is 14.5 Å². The number of aromatic nitrogens is 3. The number of imidazole rings is 1. The maximum Gasteiger partial charge on any atom is 0.141 e. The Balaban J connectivity index is 2.25. The van der Waals surface area contributed by atoms with Gasteiger partial charge in [-0.05, 0) is 36.8 Å². The standard InChI is InChI=1S/C15H15BrN4/c1-2-7-20-13-4-3-11(16)9-12(13)19-15(20)10-5-6-18-14(17)8-10/h3-6,8-9H,2,7H2,1H3,(H2,17,18). The molecule has 0 aliphatic carbocycles. The van der Waals surface area contributed by atoms with Gasteiger partial charge in [0, 0.05) is 22.8 Å². The molecule has 0 spiro atoms. The molecule has 102 valence electrons. The molecule has 0 radical (unpaired) electrons. The first kappa shape index (κ1) is 13.1. The maximum absolute atomic E-state index is 5.78. The van der Waals surface area contributed by atoms with E-state index in [0.29, 0.717) is 5.82 Å². The van der Waals surface area contributed by atoms with Gasteiger partial charge in [0.15, 0.2) is 0 Å². The molecule has 0 bridgehead atoms. The highest BCUT2D eigenvalue weighted by atomic mass is 79.9. The Hall–Kier alpha value is -1.88. The van der Waals surface area contributed by atoms with Crippen LogP contribution in [0.15, 0.2) is 41.0 Å². The number of pyridine rings is 1. The molecule has 0 atom stereocenters. The van der Waals surface area contributed by atoms with Crippen LogP contribution >= 0.6 is 15.9 Å². The number of nitrogen functional groups attached to an aromatic ring is 1. The van der Waals surface area contributed by atoms with Gasteiger partial charge in [-0.25, -0.2) is 9.97 Å². The first-order valence-electron chi connectivity index (χ1n) is 6.56. The third kappa shape index (κ3) is 2.29. The van der Waals surface area contributed by atoms with Crippen molar-refractivity contribution in [1.29, 1.82) is 0 Å². The van der Waals surface area contributed by atoms with Gasteiger partial charge in [-0.2, -0.15) is 0 Å². The number of hydrogen-bond donors (Lipinski definition) is 1. The number of hydrogen-bond acceptors (Lipinski definition) is 3. The third-order valence-corrected chi connectivity index (χ3v) is 3.69. The Morgan fingerprint density at radius 2 is 2.10 bits per heavy atom. The average molecular weight is 331 g/mol. The van der Waals surface area contributed by atoms with E-state index in [0.717, 1.165) is 39.9 Å². The molecule has 0 amide bonds. The molecule has 4 nitrogen and oxygen atoms in total. The topological polar surface area (TPSA) is 56.7 Å². The van der Waals surface area contributed by atoms with Crippen molar-refractivity contribution in [2.24, 2.45) is 0 Å². The molecule has 0 saturated heterocycles. The molecular formula is C15H15BrN4. The molecule has 0 unspecified atom stereocenters. The molecule has 2 heterocycles. The summed E-state index contributed by atoms with van der Waals surface area (Å²) in [6.07, 6.45) is 2.77. The molecule has 0 aliphatic heterocycles. The van der Waals surface area contributed by atoms with Crippen LogP contribution in [0.3, 0.4) is 0 Å². The van der Waals surface area contributed by atoms with Crippen LogP contribution in [0, 0.1) is 0 Å². The van der Waals surface area contributed by atoms with Crippen LogP contribution in [0.25, 0.3) is 22.4 Å². The third-order valence-electron chi connectivity index (χ3n) is 3.20. The van der Waals surface area contributed by atoms with E-state index >= 15 is 0 Å². The predicted molar refractivity (Wildman–Crippen MR) is 85.4 cm³/mol. The van der Waals surface area contributed by atoms with Gasteiger partial charge in [-0.15, -0.1) is 0 Å². The van der Waals surface area contributed by atoms with E-state index in [1.165, 1.54) is 0 Å². The minimum atomic E-state index is 0.513. The van der Waals surface area contributed by atoms with E-state index in [2.05, 4.69) is 38.5 Å². The summed E-state index contributed by atoms with van der Waals surface area (Å²) in [5, 5.41) is 0. The minimum absolute atomic E-state index is 0.513. The van der Waals surface area contributed by atoms with Crippen molar-refractivity contribution in [2.45, 2.75) is 19.9 Å². The zero-order valence-electron chi connectivity index (χ0n) is 11.2. The molecule has 20 heavy (non-hydrogen) atoms. The Labute approximate surface area is 125 Å². The minimum Gasteiger partial charge on any atom is -0.384 e. The van der Waals surface area contributed by atoms with Crippen LogP contribution in [-0.2, 0) is 6.54 Å². The lowest BCUT2D eigenvalue weighted by Gasteiger charge is -2.08. The lowest BCUT2D eigenvalue weighted by Crippen LogP contribution is -2.00. The summed E-state index contributed by atoms with van der Waals surface area (Å²) in [6.45, 7) is 3.09. The molecule has 3 rings (SSSR count). The fraction of sp³-hybridized carbons (Fsp3) is 0.200. The molecule has 3 aromatic rings. The molecule has 2 N–H and O–H groups in total. The normalized spacial score (nSPS) is 11.1. The van der Waals surface area contributed by atoms with Crippen LogP contribution in [0.4, 0.5) is 5.82 Å². The number of halogens is 1. The molecule has 0 aliphatic rings. The summed E-state index contributed by atoms with van der Waals surface area (Å²) in [7, 11) is 0. The Kier molecular flexibility index (Phi) is 3.44. The van der Waals surface area contributed by atoms with E-state index in [4.69, 9.17) is 10.7 Å². The van der Waals surface area contributed by atoms with Crippen molar-refractivity contribution in [3.63, 3.8) is 0 Å². The summed E-state index contributed by atoms with van der Waals surface area (Å²) in [5.74, 6) is 1.45. The van der Waals surface area contributed by atoms with Gasteiger partial charge in [0.25, 0.3) is 0 Å². The quantitative estimate of drug-likeness (QED) is 0.793. The highest BCUT2D eigenvalue weighted by molar-refractivity contribution is 9.10. The first-order valence-corrected chi connectivity index (χ1v) is 7.36. The van der Waals surface area contributed by atoms with E-state index in [9.17, 15) is 0 Å². The predicted octanol–water partition coefficient (Wildman–Crippen LogP) is 3.85. The van der Waals surface area contributed by atoms with Gasteiger partial charge >= 0.3 is 0 Å². The summed E-state index contributed by atoms with van der Waals surface area (Å²) >= 11 is 3.49. The number of aryl methyl sites for hydroxylation is 1. The van der Waals surface area contributed by atoms with E-state index in [1.807, 2.05) is 24.3 Å². The highest BCUT2D eigenvalue weighted by Crippen LogP contribution is 2.27. The molecule has 5 heteroatoms. The van der Waals surface area contributed by atoms with Crippen LogP contribution < -0.4 is 5.73 Å². The Morgan fingerprint density at radius 3 is 2.85 bits per heavy atom. The zero-order chi connectivity index (χ0) is 14.1. The van der Waals surface area contributed by atoms with Gasteiger partial charge in [0.2, 0.25) is 0 Å². The van der Waals surface area contributed by atoms with Crippen molar-refractivity contribution in [3.8, 4) is 11.4 Å². The lowest BCUT2D eigenvalue weighted by atomic mass is 10.2. The molecular weight excluding hydrogens is 316 g/mol. The summed E-state index contributed by atoms with van der Waals surface area (Å²) in [5.41, 5.74) is 8.90. The Bertz CT molecular complexity index is 764. The second-order valence-electron chi connectivity index (χ2n) is 4.69. The van der Waals surface area contributed by atoms with E-state index in [1.54, 1.807) is 6.20 Å². The van der Waals surface area contributed by atoms with Crippen molar-refractivity contribution >= 4 is 32.8 Å². The molecule has 0 fully saturated rings. The van der Waals surface area contributed by atoms with Crippen LogP contribution in [0.5, 0.6) is 0 Å². The van der Waals surface area contributed by atoms with E-state index < -0.39 is 0 Å². The zero-order valence-corrected chi connectivity index (χ0v) is 12.8. The molecule has 2 aromatic heterocycles. The maximum atomic E-state index is 5.78. The fourth-order valence-corrected chi connectivity index (χ4v) is 2.71. The van der Waals surface area contributed by atoms with Crippen LogP contribution in [0.1, 0.15) is 13.3 Å². The largest absolute Gasteiger partial charge is 0.384 e. The number of nitrogens with two attached hydrogens (primary N) is 1. The van der Waals surface area contributed by atoms with Gasteiger partial charge in [-0.1, -0.05) is 22.9 Å². The summed E-state index contributed by atoms with van der Waals surface area (Å²) in [6, 6.07) is 9.98. The number of anilines is 1. The van der Waals surface area contributed by atoms with Crippen LogP contribution in [0.2, 0.25) is 0 Å². The second-order valence-corrected chi connectivity index (χ2v) is 5.61. The number of fused-ring (bicyclic) bond motifs is 1. The van der Waals surface area contributed by atoms with Gasteiger partial charge in [0.05, 0.1) is 11.0 Å². The van der Waals surface area contributed by atoms with Crippen molar-refractivity contribution in [2.75, 3.05) is 5.73 Å². The lowest BCUT2D eigenvalue weighted by molar-refractivity contribution is 0.704. The SMILES string of the molecule is CCCn1c(-c2ccnc(N)c2)nc2cc(Br)ccc21. The fourth-order valence-electron chi connectivity index (χ4n) is 2.36. The number of rotatable bonds is 3. The highest BCUT2D eigenvalue weighted by Gasteiger charge is 2.12.